The first-order valence-electron chi connectivity index (χ1n) is 6.93. The summed E-state index contributed by atoms with van der Waals surface area (Å²) in [7, 11) is -3.07. The summed E-state index contributed by atoms with van der Waals surface area (Å²) in [6.45, 7) is 2.35. The molecule has 0 bridgehead atoms. The molecule has 1 aliphatic heterocycles. The van der Waals surface area contributed by atoms with E-state index in [2.05, 4.69) is 0 Å². The smallest absolute Gasteiger partial charge is 0.272 e. The van der Waals surface area contributed by atoms with Crippen LogP contribution in [0.25, 0.3) is 0 Å². The summed E-state index contributed by atoms with van der Waals surface area (Å²) in [5.74, 6) is -0.218. The van der Waals surface area contributed by atoms with Crippen LogP contribution in [0.2, 0.25) is 0 Å². The molecular formula is C14H18N2O5S. The quantitative estimate of drug-likeness (QED) is 0.620. The minimum absolute atomic E-state index is 0.0210. The average molecular weight is 326 g/mol. The van der Waals surface area contributed by atoms with Gasteiger partial charge in [0.2, 0.25) is 0 Å². The number of carbonyl (C=O) groups is 1. The van der Waals surface area contributed by atoms with Crippen LogP contribution < -0.4 is 0 Å². The Bertz CT molecular complexity index is 706. The summed E-state index contributed by atoms with van der Waals surface area (Å²) in [5.41, 5.74) is 0.801. The molecule has 0 atom stereocenters. The number of likely N-dealkylation sites (tertiary alicyclic amines) is 1. The van der Waals surface area contributed by atoms with Gasteiger partial charge in [0.05, 0.1) is 10.2 Å². The minimum atomic E-state index is -3.07. The zero-order chi connectivity index (χ0) is 16.5. The normalized spacial score (nSPS) is 16.5. The van der Waals surface area contributed by atoms with Crippen LogP contribution in [0.1, 0.15) is 28.8 Å². The number of rotatable bonds is 3. The Hall–Kier alpha value is -1.96. The Labute approximate surface area is 129 Å². The number of hydrogen-bond acceptors (Lipinski definition) is 5. The maximum absolute atomic E-state index is 12.4. The molecule has 1 saturated heterocycles. The highest BCUT2D eigenvalue weighted by Crippen LogP contribution is 2.22. The lowest BCUT2D eigenvalue weighted by Crippen LogP contribution is -2.42. The van der Waals surface area contributed by atoms with E-state index in [1.54, 1.807) is 11.8 Å². The van der Waals surface area contributed by atoms with Gasteiger partial charge in [-0.1, -0.05) is 0 Å². The fourth-order valence-electron chi connectivity index (χ4n) is 2.66. The molecule has 0 N–H and O–H groups in total. The predicted octanol–water partition coefficient (Wildman–Crippen LogP) is 1.55. The number of nitro benzene ring substituents is 1. The summed E-state index contributed by atoms with van der Waals surface area (Å²) >= 11 is 0. The van der Waals surface area contributed by atoms with Crippen LogP contribution in [-0.2, 0) is 9.84 Å². The van der Waals surface area contributed by atoms with Crippen LogP contribution in [0.3, 0.4) is 0 Å². The number of carbonyl (C=O) groups excluding carboxylic acids is 1. The lowest BCUT2D eigenvalue weighted by atomic mass is 10.1. The van der Waals surface area contributed by atoms with Crippen molar-refractivity contribution in [3.63, 3.8) is 0 Å². The second-order valence-corrected chi connectivity index (χ2v) is 7.91. The van der Waals surface area contributed by atoms with Crippen molar-refractivity contribution in [3.05, 3.63) is 39.4 Å². The van der Waals surface area contributed by atoms with Crippen molar-refractivity contribution in [3.8, 4) is 0 Å². The van der Waals surface area contributed by atoms with E-state index in [0.717, 1.165) is 0 Å². The second-order valence-electron chi connectivity index (χ2n) is 5.58. The van der Waals surface area contributed by atoms with Crippen LogP contribution in [-0.4, -0.2) is 48.7 Å². The standard InChI is InChI=1S/C14H18N2O5S/c1-10-9-11(3-4-13(10)16(18)19)14(17)15-7-5-12(6-8-15)22(2,20)21/h3-4,9,12H,5-8H2,1-2H3. The third kappa shape index (κ3) is 3.44. The maximum Gasteiger partial charge on any atom is 0.272 e. The molecule has 1 aromatic carbocycles. The zero-order valence-electron chi connectivity index (χ0n) is 12.5. The van der Waals surface area contributed by atoms with Crippen molar-refractivity contribution in [2.75, 3.05) is 19.3 Å². The molecule has 0 aromatic heterocycles. The first kappa shape index (κ1) is 16.4. The molecule has 1 heterocycles. The molecule has 0 unspecified atom stereocenters. The maximum atomic E-state index is 12.4. The summed E-state index contributed by atoms with van der Waals surface area (Å²) in [4.78, 5) is 24.3. The predicted molar refractivity (Wildman–Crippen MR) is 81.6 cm³/mol. The van der Waals surface area contributed by atoms with Crippen LogP contribution in [0.4, 0.5) is 5.69 Å². The van der Waals surface area contributed by atoms with Gasteiger partial charge in [0.15, 0.2) is 0 Å². The number of aryl methyl sites for hydroxylation is 1. The molecule has 1 amide bonds. The highest BCUT2D eigenvalue weighted by Gasteiger charge is 2.29. The van der Waals surface area contributed by atoms with Gasteiger partial charge >= 0.3 is 0 Å². The molecule has 2 rings (SSSR count). The Morgan fingerprint density at radius 1 is 1.32 bits per heavy atom. The summed E-state index contributed by atoms with van der Waals surface area (Å²) in [6, 6.07) is 4.27. The third-order valence-corrected chi connectivity index (χ3v) is 5.66. The van der Waals surface area contributed by atoms with Gasteiger partial charge in [-0.25, -0.2) is 8.42 Å². The van der Waals surface area contributed by atoms with Gasteiger partial charge in [0, 0.05) is 36.5 Å². The molecule has 22 heavy (non-hydrogen) atoms. The largest absolute Gasteiger partial charge is 0.339 e. The van der Waals surface area contributed by atoms with Crippen molar-refractivity contribution < 1.29 is 18.1 Å². The van der Waals surface area contributed by atoms with E-state index >= 15 is 0 Å². The lowest BCUT2D eigenvalue weighted by molar-refractivity contribution is -0.385. The molecule has 0 radical (unpaired) electrons. The van der Waals surface area contributed by atoms with Crippen molar-refractivity contribution >= 4 is 21.4 Å². The van der Waals surface area contributed by atoms with Crippen LogP contribution in [0, 0.1) is 17.0 Å². The summed E-state index contributed by atoms with van der Waals surface area (Å²) in [6.07, 6.45) is 2.07. The van der Waals surface area contributed by atoms with Crippen LogP contribution in [0.5, 0.6) is 0 Å². The zero-order valence-corrected chi connectivity index (χ0v) is 13.3. The molecule has 1 fully saturated rings. The van der Waals surface area contributed by atoms with E-state index in [0.29, 0.717) is 37.1 Å². The Balaban J connectivity index is 2.10. The number of nitrogens with zero attached hydrogens (tertiary/aromatic N) is 2. The van der Waals surface area contributed by atoms with Gasteiger partial charge < -0.3 is 4.90 Å². The van der Waals surface area contributed by atoms with Gasteiger partial charge in [-0.05, 0) is 31.9 Å². The van der Waals surface area contributed by atoms with Gasteiger partial charge in [0.25, 0.3) is 11.6 Å². The highest BCUT2D eigenvalue weighted by atomic mass is 32.2. The number of nitro groups is 1. The molecule has 1 aromatic rings. The highest BCUT2D eigenvalue weighted by molar-refractivity contribution is 7.91. The minimum Gasteiger partial charge on any atom is -0.339 e. The van der Waals surface area contributed by atoms with E-state index in [4.69, 9.17) is 0 Å². The fraction of sp³-hybridized carbons (Fsp3) is 0.500. The molecule has 0 aliphatic carbocycles. The summed E-state index contributed by atoms with van der Waals surface area (Å²) < 4.78 is 23.0. The summed E-state index contributed by atoms with van der Waals surface area (Å²) in [5, 5.41) is 10.4. The Morgan fingerprint density at radius 3 is 2.36 bits per heavy atom. The second kappa shape index (κ2) is 6.04. The van der Waals surface area contributed by atoms with Crippen LogP contribution in [0.15, 0.2) is 18.2 Å². The van der Waals surface area contributed by atoms with E-state index in [1.165, 1.54) is 24.5 Å². The fourth-order valence-corrected chi connectivity index (χ4v) is 3.73. The molecule has 7 nitrogen and oxygen atoms in total. The van der Waals surface area contributed by atoms with Crippen molar-refractivity contribution in [1.82, 2.24) is 4.90 Å². The van der Waals surface area contributed by atoms with E-state index < -0.39 is 20.0 Å². The van der Waals surface area contributed by atoms with Gasteiger partial charge in [0.1, 0.15) is 9.84 Å². The molecular weight excluding hydrogens is 308 g/mol. The molecule has 0 spiro atoms. The van der Waals surface area contributed by atoms with E-state index in [9.17, 15) is 23.3 Å². The number of piperidine rings is 1. The van der Waals surface area contributed by atoms with Gasteiger partial charge in [-0.15, -0.1) is 0 Å². The number of benzene rings is 1. The van der Waals surface area contributed by atoms with E-state index in [-0.39, 0.29) is 11.6 Å². The number of amides is 1. The number of hydrogen-bond donors (Lipinski definition) is 0. The number of sulfone groups is 1. The monoisotopic (exact) mass is 326 g/mol. The topological polar surface area (TPSA) is 97.6 Å². The first-order chi connectivity index (χ1) is 10.2. The Morgan fingerprint density at radius 2 is 1.91 bits per heavy atom. The SMILES string of the molecule is Cc1cc(C(=O)N2CCC(S(C)(=O)=O)CC2)ccc1[N+](=O)[O-]. The van der Waals surface area contributed by atoms with Crippen molar-refractivity contribution in [2.24, 2.45) is 0 Å². The Kier molecular flexibility index (Phi) is 4.50. The molecule has 120 valence electrons. The molecule has 0 saturated carbocycles. The molecule has 8 heteroatoms. The molecule has 1 aliphatic rings. The van der Waals surface area contributed by atoms with E-state index in [1.807, 2.05) is 0 Å². The van der Waals surface area contributed by atoms with Crippen LogP contribution >= 0.6 is 0 Å². The van der Waals surface area contributed by atoms with Crippen molar-refractivity contribution in [1.29, 1.82) is 0 Å². The lowest BCUT2D eigenvalue weighted by Gasteiger charge is -2.31. The third-order valence-electron chi connectivity index (χ3n) is 3.98. The van der Waals surface area contributed by atoms with Crippen molar-refractivity contribution in [2.45, 2.75) is 25.0 Å². The van der Waals surface area contributed by atoms with Gasteiger partial charge in [-0.3, -0.25) is 14.9 Å². The van der Waals surface area contributed by atoms with Gasteiger partial charge in [-0.2, -0.15) is 0 Å². The first-order valence-corrected chi connectivity index (χ1v) is 8.89. The average Bonchev–Trinajstić information content (AvgIpc) is 2.45.